The van der Waals surface area contributed by atoms with E-state index in [1.807, 2.05) is 24.3 Å². The SMILES string of the molecule is CCN(CC)S(=O)(=O)c1ccc(C(=O)Nc2ccc(N3CCC(OC)C3)cc2)cc1. The maximum Gasteiger partial charge on any atom is 0.255 e. The maximum absolute atomic E-state index is 12.6. The van der Waals surface area contributed by atoms with E-state index >= 15 is 0 Å². The molecule has 3 rings (SSSR count). The first-order valence-corrected chi connectivity index (χ1v) is 11.6. The Morgan fingerprint density at radius 3 is 2.27 bits per heavy atom. The molecule has 0 spiro atoms. The van der Waals surface area contributed by atoms with Gasteiger partial charge in [0.15, 0.2) is 0 Å². The van der Waals surface area contributed by atoms with E-state index < -0.39 is 10.0 Å². The molecule has 2 aromatic carbocycles. The molecular weight excluding hydrogens is 402 g/mol. The Balaban J connectivity index is 1.65. The van der Waals surface area contributed by atoms with E-state index in [1.54, 1.807) is 21.0 Å². The number of nitrogens with zero attached hydrogens (tertiary/aromatic N) is 2. The van der Waals surface area contributed by atoms with Crippen molar-refractivity contribution in [3.63, 3.8) is 0 Å². The number of hydrogen-bond donors (Lipinski definition) is 1. The molecule has 1 saturated heterocycles. The second kappa shape index (κ2) is 9.59. The van der Waals surface area contributed by atoms with Crippen LogP contribution in [0.4, 0.5) is 11.4 Å². The van der Waals surface area contributed by atoms with E-state index in [-0.39, 0.29) is 16.9 Å². The Morgan fingerprint density at radius 2 is 1.73 bits per heavy atom. The number of rotatable bonds is 8. The van der Waals surface area contributed by atoms with Crippen LogP contribution >= 0.6 is 0 Å². The van der Waals surface area contributed by atoms with E-state index in [2.05, 4.69) is 10.2 Å². The average molecular weight is 432 g/mol. The largest absolute Gasteiger partial charge is 0.380 e. The molecule has 1 aliphatic rings. The van der Waals surface area contributed by atoms with Crippen molar-refractivity contribution < 1.29 is 17.9 Å². The monoisotopic (exact) mass is 431 g/mol. The lowest BCUT2D eigenvalue weighted by atomic mass is 10.2. The highest BCUT2D eigenvalue weighted by molar-refractivity contribution is 7.89. The van der Waals surface area contributed by atoms with Gasteiger partial charge in [-0.3, -0.25) is 4.79 Å². The third-order valence-electron chi connectivity index (χ3n) is 5.43. The fraction of sp³-hybridized carbons (Fsp3) is 0.409. The normalized spacial score (nSPS) is 16.8. The van der Waals surface area contributed by atoms with E-state index in [4.69, 9.17) is 4.74 Å². The molecule has 0 aliphatic carbocycles. The highest BCUT2D eigenvalue weighted by Crippen LogP contribution is 2.24. The minimum absolute atomic E-state index is 0.187. The topological polar surface area (TPSA) is 79.0 Å². The molecule has 7 nitrogen and oxygen atoms in total. The van der Waals surface area contributed by atoms with Crippen LogP contribution in [0.25, 0.3) is 0 Å². The fourth-order valence-electron chi connectivity index (χ4n) is 3.60. The van der Waals surface area contributed by atoms with Gasteiger partial charge < -0.3 is 15.0 Å². The number of carbonyl (C=O) groups excluding carboxylic acids is 1. The third-order valence-corrected chi connectivity index (χ3v) is 7.49. The maximum atomic E-state index is 12.6. The van der Waals surface area contributed by atoms with Gasteiger partial charge in [-0.1, -0.05) is 13.8 Å². The Labute approximate surface area is 178 Å². The number of methoxy groups -OCH3 is 1. The summed E-state index contributed by atoms with van der Waals surface area (Å²) in [5.74, 6) is -0.282. The van der Waals surface area contributed by atoms with E-state index in [1.165, 1.54) is 28.6 Å². The summed E-state index contributed by atoms with van der Waals surface area (Å²) in [6.07, 6.45) is 1.27. The van der Waals surface area contributed by atoms with Gasteiger partial charge >= 0.3 is 0 Å². The molecule has 0 saturated carbocycles. The zero-order chi connectivity index (χ0) is 21.7. The number of amides is 1. The number of benzene rings is 2. The molecule has 1 amide bonds. The first kappa shape index (κ1) is 22.3. The molecule has 1 aliphatic heterocycles. The average Bonchev–Trinajstić information content (AvgIpc) is 3.24. The van der Waals surface area contributed by atoms with Gasteiger partial charge in [0.05, 0.1) is 11.0 Å². The van der Waals surface area contributed by atoms with Gasteiger partial charge in [0, 0.05) is 50.2 Å². The van der Waals surface area contributed by atoms with E-state index in [9.17, 15) is 13.2 Å². The van der Waals surface area contributed by atoms with Crippen LogP contribution in [0.15, 0.2) is 53.4 Å². The highest BCUT2D eigenvalue weighted by Gasteiger charge is 2.23. The van der Waals surface area contributed by atoms with Crippen LogP contribution in [0, 0.1) is 0 Å². The summed E-state index contributed by atoms with van der Waals surface area (Å²) in [4.78, 5) is 15.0. The van der Waals surface area contributed by atoms with Gasteiger partial charge in [0.25, 0.3) is 5.91 Å². The molecule has 8 heteroatoms. The summed E-state index contributed by atoms with van der Waals surface area (Å²) in [5.41, 5.74) is 2.18. The van der Waals surface area contributed by atoms with Crippen molar-refractivity contribution in [3.8, 4) is 0 Å². The molecule has 1 atom stereocenters. The summed E-state index contributed by atoms with van der Waals surface area (Å²) < 4.78 is 31.9. The fourth-order valence-corrected chi connectivity index (χ4v) is 5.06. The van der Waals surface area contributed by atoms with Crippen molar-refractivity contribution >= 4 is 27.3 Å². The van der Waals surface area contributed by atoms with Crippen molar-refractivity contribution in [2.45, 2.75) is 31.3 Å². The standard InChI is InChI=1S/C22H29N3O4S/c1-4-25(5-2)30(27,28)21-12-6-17(7-13-21)22(26)23-18-8-10-19(11-9-18)24-15-14-20(16-24)29-3/h6-13,20H,4-5,14-16H2,1-3H3,(H,23,26). The summed E-state index contributed by atoms with van der Waals surface area (Å²) in [5, 5.41) is 2.86. The molecule has 0 bridgehead atoms. The number of ether oxygens (including phenoxy) is 1. The van der Waals surface area contributed by atoms with Crippen molar-refractivity contribution in [2.75, 3.05) is 43.5 Å². The van der Waals surface area contributed by atoms with Crippen LogP contribution in [-0.2, 0) is 14.8 Å². The third kappa shape index (κ3) is 4.83. The summed E-state index contributed by atoms with van der Waals surface area (Å²) >= 11 is 0. The Bertz CT molecular complexity index is 955. The van der Waals surface area contributed by atoms with Crippen LogP contribution < -0.4 is 10.2 Å². The smallest absolute Gasteiger partial charge is 0.255 e. The van der Waals surface area contributed by atoms with Gasteiger partial charge in [-0.15, -0.1) is 0 Å². The molecule has 30 heavy (non-hydrogen) atoms. The van der Waals surface area contributed by atoms with Gasteiger partial charge in [0.1, 0.15) is 0 Å². The molecule has 2 aromatic rings. The first-order chi connectivity index (χ1) is 14.4. The van der Waals surface area contributed by atoms with Crippen molar-refractivity contribution in [3.05, 3.63) is 54.1 Å². The lowest BCUT2D eigenvalue weighted by molar-refractivity contribution is 0.102. The molecule has 1 fully saturated rings. The molecule has 1 unspecified atom stereocenters. The lowest BCUT2D eigenvalue weighted by Crippen LogP contribution is -2.30. The molecular formula is C22H29N3O4S. The number of sulfonamides is 1. The quantitative estimate of drug-likeness (QED) is 0.694. The second-order valence-electron chi connectivity index (χ2n) is 7.21. The van der Waals surface area contributed by atoms with Gasteiger partial charge in [-0.05, 0) is 55.0 Å². The van der Waals surface area contributed by atoms with Crippen molar-refractivity contribution in [1.29, 1.82) is 0 Å². The zero-order valence-electron chi connectivity index (χ0n) is 17.7. The van der Waals surface area contributed by atoms with E-state index in [0.29, 0.717) is 24.3 Å². The van der Waals surface area contributed by atoms with Crippen molar-refractivity contribution in [2.24, 2.45) is 0 Å². The Hall–Kier alpha value is -2.42. The Morgan fingerprint density at radius 1 is 1.10 bits per heavy atom. The predicted molar refractivity (Wildman–Crippen MR) is 119 cm³/mol. The molecule has 162 valence electrons. The molecule has 0 aromatic heterocycles. The minimum Gasteiger partial charge on any atom is -0.380 e. The minimum atomic E-state index is -3.53. The lowest BCUT2D eigenvalue weighted by Gasteiger charge is -2.19. The molecule has 1 N–H and O–H groups in total. The Kier molecular flexibility index (Phi) is 7.12. The van der Waals surface area contributed by atoms with Gasteiger partial charge in [0.2, 0.25) is 10.0 Å². The first-order valence-electron chi connectivity index (χ1n) is 10.2. The molecule has 0 radical (unpaired) electrons. The summed E-state index contributed by atoms with van der Waals surface area (Å²) in [6.45, 7) is 6.22. The predicted octanol–water partition coefficient (Wildman–Crippen LogP) is 3.19. The zero-order valence-corrected chi connectivity index (χ0v) is 18.5. The summed E-state index contributed by atoms with van der Waals surface area (Å²) in [6, 6.07) is 13.7. The van der Waals surface area contributed by atoms with Crippen molar-refractivity contribution in [1.82, 2.24) is 4.31 Å². The van der Waals surface area contributed by atoms with E-state index in [0.717, 1.165) is 25.2 Å². The number of anilines is 2. The summed E-state index contributed by atoms with van der Waals surface area (Å²) in [7, 11) is -1.80. The van der Waals surface area contributed by atoms with Crippen LogP contribution in [0.2, 0.25) is 0 Å². The van der Waals surface area contributed by atoms with Crippen LogP contribution in [-0.4, -0.2) is 58.0 Å². The van der Waals surface area contributed by atoms with Crippen LogP contribution in [0.1, 0.15) is 30.6 Å². The highest BCUT2D eigenvalue weighted by atomic mass is 32.2. The number of carbonyl (C=O) groups is 1. The molecule has 1 heterocycles. The number of nitrogens with one attached hydrogen (secondary N) is 1. The number of hydrogen-bond acceptors (Lipinski definition) is 5. The van der Waals surface area contributed by atoms with Gasteiger partial charge in [-0.2, -0.15) is 4.31 Å². The second-order valence-corrected chi connectivity index (χ2v) is 9.15. The van der Waals surface area contributed by atoms with Crippen LogP contribution in [0.5, 0.6) is 0 Å². The van der Waals surface area contributed by atoms with Crippen LogP contribution in [0.3, 0.4) is 0 Å². The van der Waals surface area contributed by atoms with Gasteiger partial charge in [-0.25, -0.2) is 8.42 Å².